The highest BCUT2D eigenvalue weighted by Crippen LogP contribution is 2.44. The van der Waals surface area contributed by atoms with Crippen LogP contribution in [-0.4, -0.2) is 33.7 Å². The lowest BCUT2D eigenvalue weighted by atomic mass is 9.98. The van der Waals surface area contributed by atoms with Gasteiger partial charge in [0.25, 0.3) is 0 Å². The third-order valence-electron chi connectivity index (χ3n) is 6.11. The van der Waals surface area contributed by atoms with Gasteiger partial charge in [0.05, 0.1) is 12.1 Å². The van der Waals surface area contributed by atoms with Crippen molar-refractivity contribution in [1.82, 2.24) is 9.97 Å². The number of carbonyl (C=O) groups is 2. The van der Waals surface area contributed by atoms with Crippen LogP contribution in [0.5, 0.6) is 0 Å². The van der Waals surface area contributed by atoms with E-state index in [1.807, 2.05) is 24.3 Å². The molecule has 0 saturated carbocycles. The summed E-state index contributed by atoms with van der Waals surface area (Å²) in [6, 6.07) is 24.4. The van der Waals surface area contributed by atoms with E-state index in [1.54, 1.807) is 37.4 Å². The summed E-state index contributed by atoms with van der Waals surface area (Å²) in [5.74, 6) is -0.207. The lowest BCUT2D eigenvalue weighted by Gasteiger charge is -2.23. The summed E-state index contributed by atoms with van der Waals surface area (Å²) in [6.45, 7) is 2.02. The van der Waals surface area contributed by atoms with Crippen molar-refractivity contribution in [2.75, 3.05) is 11.5 Å². The average Bonchev–Trinajstić information content (AvgIpc) is 3.19. The molecule has 0 saturated heterocycles. The number of ether oxygens (including phenoxy) is 1. The fourth-order valence-corrected chi connectivity index (χ4v) is 4.49. The topological polar surface area (TPSA) is 92.6 Å². The zero-order chi connectivity index (χ0) is 24.4. The predicted octanol–water partition coefficient (Wildman–Crippen LogP) is 5.44. The summed E-state index contributed by atoms with van der Waals surface area (Å²) in [6.07, 6.45) is 1.01. The van der Waals surface area contributed by atoms with E-state index in [1.165, 1.54) is 11.0 Å². The number of hydrogen-bond donors (Lipinski definition) is 1. The highest BCUT2D eigenvalue weighted by atomic mass is 16.6. The Morgan fingerprint density at radius 1 is 0.943 bits per heavy atom. The molecule has 0 unspecified atom stereocenters. The van der Waals surface area contributed by atoms with Crippen LogP contribution < -0.4 is 4.90 Å². The number of amides is 1. The third-order valence-corrected chi connectivity index (χ3v) is 6.11. The maximum Gasteiger partial charge on any atom is 0.415 e. The van der Waals surface area contributed by atoms with Crippen molar-refractivity contribution in [2.45, 2.75) is 19.4 Å². The van der Waals surface area contributed by atoms with E-state index in [9.17, 15) is 14.7 Å². The minimum Gasteiger partial charge on any atom is -0.478 e. The first kappa shape index (κ1) is 22.3. The second-order valence-corrected chi connectivity index (χ2v) is 8.36. The van der Waals surface area contributed by atoms with Gasteiger partial charge in [0.15, 0.2) is 0 Å². The first-order valence-electron chi connectivity index (χ1n) is 11.3. The summed E-state index contributed by atoms with van der Waals surface area (Å²) in [5.41, 5.74) is 5.35. The lowest BCUT2D eigenvalue weighted by Crippen LogP contribution is -2.33. The van der Waals surface area contributed by atoms with Crippen LogP contribution in [0.1, 0.15) is 38.8 Å². The van der Waals surface area contributed by atoms with Crippen LogP contribution >= 0.6 is 0 Å². The van der Waals surface area contributed by atoms with Crippen LogP contribution in [0, 0.1) is 6.92 Å². The van der Waals surface area contributed by atoms with Gasteiger partial charge in [-0.1, -0.05) is 60.7 Å². The summed E-state index contributed by atoms with van der Waals surface area (Å²) in [4.78, 5) is 34.7. The van der Waals surface area contributed by atoms with Gasteiger partial charge < -0.3 is 9.84 Å². The minimum atomic E-state index is -1.03. The molecule has 35 heavy (non-hydrogen) atoms. The SMILES string of the molecule is Cc1nccc(N(Cc2cccc(C(=O)O)c2)C(=O)OCC2c3ccccc3-c3ccccc32)n1. The number of nitrogens with zero attached hydrogens (tertiary/aromatic N) is 3. The molecule has 3 aromatic carbocycles. The molecule has 0 radical (unpaired) electrons. The highest BCUT2D eigenvalue weighted by molar-refractivity contribution is 5.89. The molecule has 1 heterocycles. The normalized spacial score (nSPS) is 12.0. The second-order valence-electron chi connectivity index (χ2n) is 8.36. The first-order chi connectivity index (χ1) is 17.0. The van der Waals surface area contributed by atoms with Gasteiger partial charge >= 0.3 is 12.1 Å². The maximum absolute atomic E-state index is 13.4. The number of carbonyl (C=O) groups excluding carboxylic acids is 1. The summed E-state index contributed by atoms with van der Waals surface area (Å²) in [7, 11) is 0. The molecular formula is C28H23N3O4. The van der Waals surface area contributed by atoms with Crippen molar-refractivity contribution in [3.63, 3.8) is 0 Å². The van der Waals surface area contributed by atoms with Crippen LogP contribution in [0.4, 0.5) is 10.6 Å². The number of benzene rings is 3. The van der Waals surface area contributed by atoms with Crippen LogP contribution in [0.15, 0.2) is 85.1 Å². The number of anilines is 1. The number of fused-ring (bicyclic) bond motifs is 3. The Bertz CT molecular complexity index is 1370. The van der Waals surface area contributed by atoms with Gasteiger partial charge in [-0.3, -0.25) is 4.90 Å². The maximum atomic E-state index is 13.4. The Kier molecular flexibility index (Phi) is 5.97. The fraction of sp³-hybridized carbons (Fsp3) is 0.143. The Labute approximate surface area is 202 Å². The average molecular weight is 466 g/mol. The van der Waals surface area contributed by atoms with Crippen molar-refractivity contribution in [3.05, 3.63) is 113 Å². The van der Waals surface area contributed by atoms with Crippen LogP contribution in [0.25, 0.3) is 11.1 Å². The molecule has 4 aromatic rings. The van der Waals surface area contributed by atoms with E-state index in [0.29, 0.717) is 17.2 Å². The van der Waals surface area contributed by atoms with Crippen molar-refractivity contribution < 1.29 is 19.4 Å². The van der Waals surface area contributed by atoms with Gasteiger partial charge in [0.2, 0.25) is 0 Å². The van der Waals surface area contributed by atoms with Gasteiger partial charge in [-0.15, -0.1) is 0 Å². The molecule has 174 valence electrons. The molecule has 5 rings (SSSR count). The van der Waals surface area contributed by atoms with Crippen LogP contribution in [-0.2, 0) is 11.3 Å². The van der Waals surface area contributed by atoms with E-state index in [0.717, 1.165) is 22.3 Å². The second kappa shape index (κ2) is 9.38. The zero-order valence-electron chi connectivity index (χ0n) is 19.1. The van der Waals surface area contributed by atoms with Crippen molar-refractivity contribution in [3.8, 4) is 11.1 Å². The molecule has 0 fully saturated rings. The quantitative estimate of drug-likeness (QED) is 0.408. The van der Waals surface area contributed by atoms with Crippen LogP contribution in [0.2, 0.25) is 0 Å². The smallest absolute Gasteiger partial charge is 0.415 e. The molecule has 0 aliphatic heterocycles. The van der Waals surface area contributed by atoms with E-state index < -0.39 is 12.1 Å². The number of hydrogen-bond acceptors (Lipinski definition) is 5. The largest absolute Gasteiger partial charge is 0.478 e. The number of aromatic carboxylic acids is 1. The number of carboxylic acids is 1. The Morgan fingerprint density at radius 3 is 2.29 bits per heavy atom. The number of carboxylic acid groups (broad SMARTS) is 1. The Balaban J connectivity index is 1.42. The number of aromatic nitrogens is 2. The molecule has 1 amide bonds. The first-order valence-corrected chi connectivity index (χ1v) is 11.3. The molecule has 1 aliphatic carbocycles. The summed E-state index contributed by atoms with van der Waals surface area (Å²) < 4.78 is 5.86. The van der Waals surface area contributed by atoms with Gasteiger partial charge in [-0.25, -0.2) is 19.6 Å². The fourth-order valence-electron chi connectivity index (χ4n) is 4.49. The van der Waals surface area contributed by atoms with E-state index in [4.69, 9.17) is 4.74 Å². The Morgan fingerprint density at radius 2 is 1.63 bits per heavy atom. The molecule has 1 aromatic heterocycles. The highest BCUT2D eigenvalue weighted by Gasteiger charge is 2.30. The molecule has 1 aliphatic rings. The molecule has 7 heteroatoms. The van der Waals surface area contributed by atoms with Gasteiger partial charge in [-0.05, 0) is 52.9 Å². The third kappa shape index (κ3) is 4.48. The Hall–Kier alpha value is -4.52. The van der Waals surface area contributed by atoms with Crippen molar-refractivity contribution in [1.29, 1.82) is 0 Å². The molecule has 1 N–H and O–H groups in total. The number of rotatable bonds is 6. The van der Waals surface area contributed by atoms with Crippen LogP contribution in [0.3, 0.4) is 0 Å². The summed E-state index contributed by atoms with van der Waals surface area (Å²) >= 11 is 0. The van der Waals surface area contributed by atoms with Crippen molar-refractivity contribution >= 4 is 17.9 Å². The molecule has 0 spiro atoms. The van der Waals surface area contributed by atoms with E-state index in [2.05, 4.69) is 34.2 Å². The van der Waals surface area contributed by atoms with Gasteiger partial charge in [0, 0.05) is 12.1 Å². The lowest BCUT2D eigenvalue weighted by molar-refractivity contribution is 0.0696. The standard InChI is InChI=1S/C28H23N3O4/c1-18-29-14-13-26(30-18)31(16-19-7-6-8-20(15-19)27(32)33)28(34)35-17-25-23-11-4-2-9-21(23)22-10-3-5-12-24(22)25/h2-15,25H,16-17H2,1H3,(H,32,33). The summed E-state index contributed by atoms with van der Waals surface area (Å²) in [5, 5.41) is 9.35. The monoisotopic (exact) mass is 465 g/mol. The molecular weight excluding hydrogens is 442 g/mol. The number of aryl methyl sites for hydroxylation is 1. The van der Waals surface area contributed by atoms with Gasteiger partial charge in [0.1, 0.15) is 18.2 Å². The van der Waals surface area contributed by atoms with Crippen molar-refractivity contribution in [2.24, 2.45) is 0 Å². The molecule has 7 nitrogen and oxygen atoms in total. The zero-order valence-corrected chi connectivity index (χ0v) is 19.1. The molecule has 0 bridgehead atoms. The van der Waals surface area contributed by atoms with E-state index >= 15 is 0 Å². The molecule has 0 atom stereocenters. The minimum absolute atomic E-state index is 0.0735. The van der Waals surface area contributed by atoms with E-state index in [-0.39, 0.29) is 24.6 Å². The predicted molar refractivity (Wildman–Crippen MR) is 131 cm³/mol. The van der Waals surface area contributed by atoms with Gasteiger partial charge in [-0.2, -0.15) is 0 Å².